The first-order valence-electron chi connectivity index (χ1n) is 9.69. The normalized spacial score (nSPS) is 15.7. The minimum atomic E-state index is -4.92. The van der Waals surface area contributed by atoms with E-state index in [1.807, 2.05) is 19.6 Å². The molecular formula is C21H22F4N2O4Si. The van der Waals surface area contributed by atoms with Crippen LogP contribution in [0.3, 0.4) is 0 Å². The van der Waals surface area contributed by atoms with E-state index in [-0.39, 0.29) is 40.5 Å². The van der Waals surface area contributed by atoms with E-state index >= 15 is 4.39 Å². The van der Waals surface area contributed by atoms with Gasteiger partial charge in [0.2, 0.25) is 0 Å². The number of benzene rings is 1. The van der Waals surface area contributed by atoms with Gasteiger partial charge < -0.3 is 9.47 Å². The SMILES string of the molecule is COCC1Cc2c(c(C#C[Si](C)(C)C)cc(F)c2-n2c(=O)cc(C(F)(F)F)n(C)c2=O)O1. The highest BCUT2D eigenvalue weighted by Crippen LogP contribution is 2.38. The zero-order valence-electron chi connectivity index (χ0n) is 18.2. The van der Waals surface area contributed by atoms with Crippen LogP contribution in [0.4, 0.5) is 17.6 Å². The monoisotopic (exact) mass is 470 g/mol. The van der Waals surface area contributed by atoms with E-state index in [9.17, 15) is 22.8 Å². The quantitative estimate of drug-likeness (QED) is 0.393. The van der Waals surface area contributed by atoms with Crippen LogP contribution in [-0.4, -0.2) is 37.0 Å². The standard InChI is InChI=1S/C21H22F4N2O4Si/c1-26-16(21(23,24)25)10-17(28)27(20(26)29)18-14-9-13(11-30-2)31-19(14)12(8-15(18)22)6-7-32(3,4)5/h8,10,13H,9,11H2,1-5H3. The predicted octanol–water partition coefficient (Wildman–Crippen LogP) is 2.87. The summed E-state index contributed by atoms with van der Waals surface area (Å²) in [5, 5.41) is 0. The summed E-state index contributed by atoms with van der Waals surface area (Å²) in [6.07, 6.45) is -5.36. The Hall–Kier alpha value is -2.84. The summed E-state index contributed by atoms with van der Waals surface area (Å²) in [5.74, 6) is 2.17. The lowest BCUT2D eigenvalue weighted by molar-refractivity contribution is -0.144. The zero-order valence-corrected chi connectivity index (χ0v) is 19.2. The number of hydrogen-bond acceptors (Lipinski definition) is 4. The molecular weight excluding hydrogens is 448 g/mol. The van der Waals surface area contributed by atoms with Crippen molar-refractivity contribution in [3.8, 4) is 22.9 Å². The van der Waals surface area contributed by atoms with E-state index in [1.165, 1.54) is 7.11 Å². The lowest BCUT2D eigenvalue weighted by Gasteiger charge is -2.16. The Morgan fingerprint density at radius 3 is 2.47 bits per heavy atom. The van der Waals surface area contributed by atoms with Crippen molar-refractivity contribution in [2.75, 3.05) is 13.7 Å². The lowest BCUT2D eigenvalue weighted by Crippen LogP contribution is -2.41. The highest BCUT2D eigenvalue weighted by atomic mass is 28.3. The molecule has 2 heterocycles. The average molecular weight is 470 g/mol. The topological polar surface area (TPSA) is 62.5 Å². The van der Waals surface area contributed by atoms with Crippen molar-refractivity contribution in [1.82, 2.24) is 9.13 Å². The number of methoxy groups -OCH3 is 1. The molecule has 0 saturated heterocycles. The predicted molar refractivity (Wildman–Crippen MR) is 112 cm³/mol. The molecule has 2 aromatic rings. The maximum Gasteiger partial charge on any atom is 0.431 e. The number of fused-ring (bicyclic) bond motifs is 1. The average Bonchev–Trinajstić information content (AvgIpc) is 3.07. The van der Waals surface area contributed by atoms with Crippen molar-refractivity contribution in [2.45, 2.75) is 38.3 Å². The van der Waals surface area contributed by atoms with E-state index in [4.69, 9.17) is 9.47 Å². The molecule has 1 atom stereocenters. The van der Waals surface area contributed by atoms with Crippen LogP contribution in [0.5, 0.6) is 5.75 Å². The van der Waals surface area contributed by atoms with Gasteiger partial charge in [0.25, 0.3) is 5.56 Å². The summed E-state index contributed by atoms with van der Waals surface area (Å²) in [6.45, 7) is 6.16. The highest BCUT2D eigenvalue weighted by Gasteiger charge is 2.37. The Morgan fingerprint density at radius 1 is 1.25 bits per heavy atom. The zero-order chi connectivity index (χ0) is 24.0. The molecule has 1 unspecified atom stereocenters. The Morgan fingerprint density at radius 2 is 1.91 bits per heavy atom. The minimum absolute atomic E-state index is 0.0918. The minimum Gasteiger partial charge on any atom is -0.486 e. The molecule has 32 heavy (non-hydrogen) atoms. The second kappa shape index (κ2) is 8.25. The van der Waals surface area contributed by atoms with Gasteiger partial charge in [-0.1, -0.05) is 25.6 Å². The number of hydrogen-bond donors (Lipinski definition) is 0. The van der Waals surface area contributed by atoms with Crippen LogP contribution in [0.2, 0.25) is 19.6 Å². The maximum absolute atomic E-state index is 15.3. The van der Waals surface area contributed by atoms with Crippen molar-refractivity contribution in [3.05, 3.63) is 55.6 Å². The molecule has 0 N–H and O–H groups in total. The van der Waals surface area contributed by atoms with Crippen LogP contribution in [0.25, 0.3) is 5.69 Å². The van der Waals surface area contributed by atoms with Gasteiger partial charge >= 0.3 is 11.9 Å². The molecule has 6 nitrogen and oxygen atoms in total. The van der Waals surface area contributed by atoms with Gasteiger partial charge in [-0.05, 0) is 6.07 Å². The van der Waals surface area contributed by atoms with Crippen molar-refractivity contribution in [3.63, 3.8) is 0 Å². The molecule has 0 bridgehead atoms. The van der Waals surface area contributed by atoms with Crippen molar-refractivity contribution < 1.29 is 27.0 Å². The fourth-order valence-electron chi connectivity index (χ4n) is 3.41. The molecule has 0 radical (unpaired) electrons. The van der Waals surface area contributed by atoms with Crippen molar-refractivity contribution in [2.24, 2.45) is 7.05 Å². The number of ether oxygens (including phenoxy) is 2. The molecule has 3 rings (SSSR count). The third-order valence-corrected chi connectivity index (χ3v) is 5.65. The summed E-state index contributed by atoms with van der Waals surface area (Å²) in [7, 11) is 0.498. The fourth-order valence-corrected chi connectivity index (χ4v) is 3.92. The largest absolute Gasteiger partial charge is 0.486 e. The summed E-state index contributed by atoms with van der Waals surface area (Å²) in [6, 6.07) is 1.31. The molecule has 1 aliphatic heterocycles. The smallest absolute Gasteiger partial charge is 0.431 e. The van der Waals surface area contributed by atoms with Gasteiger partial charge in [-0.3, -0.25) is 9.36 Å². The number of rotatable bonds is 3. The van der Waals surface area contributed by atoms with Crippen molar-refractivity contribution in [1.29, 1.82) is 0 Å². The molecule has 0 spiro atoms. The lowest BCUT2D eigenvalue weighted by atomic mass is 10.0. The van der Waals surface area contributed by atoms with Gasteiger partial charge in [-0.2, -0.15) is 13.2 Å². The fraction of sp³-hybridized carbons (Fsp3) is 0.429. The third-order valence-electron chi connectivity index (χ3n) is 4.78. The second-order valence-corrected chi connectivity index (χ2v) is 13.3. The Balaban J connectivity index is 2.32. The molecule has 0 amide bonds. The van der Waals surface area contributed by atoms with Crippen LogP contribution in [-0.2, 0) is 24.4 Å². The number of alkyl halides is 3. The van der Waals surface area contributed by atoms with Crippen LogP contribution >= 0.6 is 0 Å². The van der Waals surface area contributed by atoms with E-state index < -0.39 is 48.8 Å². The van der Waals surface area contributed by atoms with Crippen LogP contribution in [0, 0.1) is 17.3 Å². The van der Waals surface area contributed by atoms with Gasteiger partial charge in [0.15, 0.2) is 0 Å². The maximum atomic E-state index is 15.3. The summed E-state index contributed by atoms with van der Waals surface area (Å²) < 4.78 is 66.5. The number of aromatic nitrogens is 2. The summed E-state index contributed by atoms with van der Waals surface area (Å²) in [4.78, 5) is 25.3. The highest BCUT2D eigenvalue weighted by molar-refractivity contribution is 6.83. The number of halogens is 4. The van der Waals surface area contributed by atoms with Gasteiger partial charge in [0.1, 0.15) is 31.4 Å². The first kappa shape index (κ1) is 23.8. The van der Waals surface area contributed by atoms with E-state index in [0.717, 1.165) is 13.1 Å². The number of nitrogens with zero attached hydrogens (tertiary/aromatic N) is 2. The molecule has 0 aliphatic carbocycles. The Bertz CT molecular complexity index is 1250. The van der Waals surface area contributed by atoms with Gasteiger partial charge in [-0.15, -0.1) is 5.54 Å². The summed E-state index contributed by atoms with van der Waals surface area (Å²) in [5.41, 5.74) is -0.925. The molecule has 1 aromatic carbocycles. The first-order valence-corrected chi connectivity index (χ1v) is 13.2. The molecule has 0 saturated carbocycles. The van der Waals surface area contributed by atoms with Gasteiger partial charge in [0.05, 0.1) is 17.9 Å². The van der Waals surface area contributed by atoms with E-state index in [0.29, 0.717) is 4.57 Å². The van der Waals surface area contributed by atoms with Crippen molar-refractivity contribution >= 4 is 8.07 Å². The Kier molecular flexibility index (Phi) is 6.14. The second-order valence-electron chi connectivity index (χ2n) is 8.50. The molecule has 1 aliphatic rings. The first-order chi connectivity index (χ1) is 14.7. The van der Waals surface area contributed by atoms with Crippen LogP contribution in [0.15, 0.2) is 21.7 Å². The van der Waals surface area contributed by atoms with Gasteiger partial charge in [-0.25, -0.2) is 13.8 Å². The van der Waals surface area contributed by atoms with E-state index in [1.54, 1.807) is 0 Å². The molecule has 172 valence electrons. The Labute approximate surface area is 182 Å². The van der Waals surface area contributed by atoms with Crippen LogP contribution in [0.1, 0.15) is 16.8 Å². The van der Waals surface area contributed by atoms with Crippen LogP contribution < -0.4 is 16.0 Å². The summed E-state index contributed by atoms with van der Waals surface area (Å²) >= 11 is 0. The molecule has 0 fully saturated rings. The molecule has 1 aromatic heterocycles. The molecule has 11 heteroatoms. The third kappa shape index (κ3) is 4.51. The van der Waals surface area contributed by atoms with E-state index in [2.05, 4.69) is 11.5 Å². The van der Waals surface area contributed by atoms with Gasteiger partial charge in [0, 0.05) is 32.2 Å².